The van der Waals surface area contributed by atoms with Crippen molar-refractivity contribution in [2.75, 3.05) is 7.05 Å². The van der Waals surface area contributed by atoms with Crippen LogP contribution in [0.25, 0.3) is 0 Å². The second-order valence-corrected chi connectivity index (χ2v) is 4.63. The first-order valence-electron chi connectivity index (χ1n) is 6.14. The molecule has 0 spiro atoms. The third-order valence-corrected chi connectivity index (χ3v) is 3.26. The average Bonchev–Trinajstić information content (AvgIpc) is 2.30. The second-order valence-electron chi connectivity index (χ2n) is 4.63. The van der Waals surface area contributed by atoms with E-state index in [2.05, 4.69) is 19.2 Å². The van der Waals surface area contributed by atoms with Crippen LogP contribution in [0.4, 0.5) is 8.78 Å². The van der Waals surface area contributed by atoms with Crippen LogP contribution in [0.5, 0.6) is 0 Å². The molecule has 1 rings (SSSR count). The van der Waals surface area contributed by atoms with Gasteiger partial charge in [-0.3, -0.25) is 0 Å². The van der Waals surface area contributed by atoms with E-state index in [1.54, 1.807) is 26.1 Å². The Bertz CT molecular complexity index is 377. The Kier molecular flexibility index (Phi) is 5.06. The fraction of sp³-hybridized carbons (Fsp3) is 0.571. The summed E-state index contributed by atoms with van der Waals surface area (Å²) in [4.78, 5) is 0. The van der Waals surface area contributed by atoms with E-state index in [0.29, 0.717) is 11.1 Å². The van der Waals surface area contributed by atoms with Crippen molar-refractivity contribution in [1.82, 2.24) is 5.32 Å². The first-order valence-corrected chi connectivity index (χ1v) is 6.14. The zero-order valence-electron chi connectivity index (χ0n) is 11.0. The van der Waals surface area contributed by atoms with Crippen LogP contribution in [0.2, 0.25) is 0 Å². The number of benzene rings is 1. The monoisotopic (exact) mass is 241 g/mol. The molecule has 2 unspecified atom stereocenters. The number of hydrogen-bond donors (Lipinski definition) is 1. The van der Waals surface area contributed by atoms with Gasteiger partial charge < -0.3 is 5.32 Å². The maximum atomic E-state index is 13.9. The van der Waals surface area contributed by atoms with Gasteiger partial charge >= 0.3 is 0 Å². The van der Waals surface area contributed by atoms with Gasteiger partial charge in [-0.2, -0.15) is 0 Å². The molecule has 0 bridgehead atoms. The molecule has 0 radical (unpaired) electrons. The largest absolute Gasteiger partial charge is 0.313 e. The first-order chi connectivity index (χ1) is 8.02. The molecule has 0 heterocycles. The van der Waals surface area contributed by atoms with Crippen LogP contribution >= 0.6 is 0 Å². The zero-order chi connectivity index (χ0) is 13.0. The fourth-order valence-corrected chi connectivity index (χ4v) is 2.27. The van der Waals surface area contributed by atoms with Gasteiger partial charge in [0, 0.05) is 11.6 Å². The SMILES string of the molecule is CCCC(C)C(NC)c1ccc(C)c(F)c1F. The zero-order valence-corrected chi connectivity index (χ0v) is 11.0. The van der Waals surface area contributed by atoms with E-state index in [-0.39, 0.29) is 12.0 Å². The van der Waals surface area contributed by atoms with Crippen molar-refractivity contribution in [3.8, 4) is 0 Å². The average molecular weight is 241 g/mol. The molecule has 0 saturated heterocycles. The molecule has 1 aromatic rings. The number of nitrogens with one attached hydrogen (secondary N) is 1. The molecule has 0 aliphatic heterocycles. The summed E-state index contributed by atoms with van der Waals surface area (Å²) in [5.74, 6) is -1.17. The molecule has 0 aliphatic carbocycles. The lowest BCUT2D eigenvalue weighted by Crippen LogP contribution is -2.25. The normalized spacial score (nSPS) is 14.7. The van der Waals surface area contributed by atoms with Gasteiger partial charge in [0.1, 0.15) is 0 Å². The highest BCUT2D eigenvalue weighted by Crippen LogP contribution is 2.29. The molecule has 0 aromatic heterocycles. The highest BCUT2D eigenvalue weighted by molar-refractivity contribution is 5.28. The first kappa shape index (κ1) is 14.1. The summed E-state index contributed by atoms with van der Waals surface area (Å²) in [5, 5.41) is 3.08. The number of aryl methyl sites for hydroxylation is 1. The molecule has 1 N–H and O–H groups in total. The van der Waals surface area contributed by atoms with Crippen LogP contribution in [-0.4, -0.2) is 7.05 Å². The lowest BCUT2D eigenvalue weighted by Gasteiger charge is -2.24. The Morgan fingerprint density at radius 1 is 1.24 bits per heavy atom. The summed E-state index contributed by atoms with van der Waals surface area (Å²) in [6.45, 7) is 5.73. The summed E-state index contributed by atoms with van der Waals surface area (Å²) in [5.41, 5.74) is 0.779. The maximum absolute atomic E-state index is 13.9. The van der Waals surface area contributed by atoms with Gasteiger partial charge in [-0.25, -0.2) is 8.78 Å². The number of halogens is 2. The van der Waals surface area contributed by atoms with Gasteiger partial charge in [-0.15, -0.1) is 0 Å². The third-order valence-electron chi connectivity index (χ3n) is 3.26. The number of rotatable bonds is 5. The molecule has 17 heavy (non-hydrogen) atoms. The van der Waals surface area contributed by atoms with Crippen LogP contribution in [0.1, 0.15) is 43.9 Å². The van der Waals surface area contributed by atoms with Crippen molar-refractivity contribution in [2.45, 2.75) is 39.7 Å². The van der Waals surface area contributed by atoms with E-state index in [1.165, 1.54) is 0 Å². The maximum Gasteiger partial charge on any atom is 0.163 e. The van der Waals surface area contributed by atoms with E-state index < -0.39 is 11.6 Å². The van der Waals surface area contributed by atoms with Crippen molar-refractivity contribution in [3.63, 3.8) is 0 Å². The smallest absolute Gasteiger partial charge is 0.163 e. The molecule has 96 valence electrons. The van der Waals surface area contributed by atoms with Crippen LogP contribution in [0.15, 0.2) is 12.1 Å². The molecule has 0 saturated carbocycles. The molecule has 1 nitrogen and oxygen atoms in total. The molecule has 0 aliphatic rings. The Labute approximate surface area is 102 Å². The lowest BCUT2D eigenvalue weighted by molar-refractivity contribution is 0.365. The predicted octanol–water partition coefficient (Wildman–Crippen LogP) is 3.97. The van der Waals surface area contributed by atoms with Crippen LogP contribution in [-0.2, 0) is 0 Å². The van der Waals surface area contributed by atoms with E-state index >= 15 is 0 Å². The Morgan fingerprint density at radius 3 is 2.41 bits per heavy atom. The standard InChI is InChI=1S/C14H21F2N/c1-5-6-10(3)14(17-4)11-8-7-9(2)12(15)13(11)16/h7-8,10,14,17H,5-6H2,1-4H3. The Hall–Kier alpha value is -0.960. The van der Waals surface area contributed by atoms with E-state index in [4.69, 9.17) is 0 Å². The van der Waals surface area contributed by atoms with Crippen LogP contribution in [0, 0.1) is 24.5 Å². The van der Waals surface area contributed by atoms with Gasteiger partial charge in [0.15, 0.2) is 11.6 Å². The number of hydrogen-bond acceptors (Lipinski definition) is 1. The van der Waals surface area contributed by atoms with Crippen LogP contribution in [0.3, 0.4) is 0 Å². The summed E-state index contributed by atoms with van der Waals surface area (Å²) < 4.78 is 27.4. The molecular weight excluding hydrogens is 220 g/mol. The summed E-state index contributed by atoms with van der Waals surface area (Å²) in [6, 6.07) is 3.18. The molecule has 0 fully saturated rings. The van der Waals surface area contributed by atoms with Crippen molar-refractivity contribution < 1.29 is 8.78 Å². The highest BCUT2D eigenvalue weighted by Gasteiger charge is 2.22. The van der Waals surface area contributed by atoms with Crippen molar-refractivity contribution in [2.24, 2.45) is 5.92 Å². The third kappa shape index (κ3) is 3.03. The van der Waals surface area contributed by atoms with E-state index in [9.17, 15) is 8.78 Å². The summed E-state index contributed by atoms with van der Waals surface area (Å²) >= 11 is 0. The van der Waals surface area contributed by atoms with Gasteiger partial charge in [0.05, 0.1) is 0 Å². The predicted molar refractivity (Wildman–Crippen MR) is 67.0 cm³/mol. The van der Waals surface area contributed by atoms with E-state index in [0.717, 1.165) is 12.8 Å². The van der Waals surface area contributed by atoms with Crippen LogP contribution < -0.4 is 5.32 Å². The minimum atomic E-state index is -0.730. The molecular formula is C14H21F2N. The molecule has 3 heteroatoms. The highest BCUT2D eigenvalue weighted by atomic mass is 19.2. The quantitative estimate of drug-likeness (QED) is 0.822. The minimum absolute atomic E-state index is 0.134. The van der Waals surface area contributed by atoms with Gasteiger partial charge in [0.2, 0.25) is 0 Å². The van der Waals surface area contributed by atoms with Crippen molar-refractivity contribution >= 4 is 0 Å². The molecule has 2 atom stereocenters. The minimum Gasteiger partial charge on any atom is -0.313 e. The summed E-state index contributed by atoms with van der Waals surface area (Å²) in [6.07, 6.45) is 2.02. The topological polar surface area (TPSA) is 12.0 Å². The Morgan fingerprint density at radius 2 is 1.88 bits per heavy atom. The lowest BCUT2D eigenvalue weighted by atomic mass is 9.90. The van der Waals surface area contributed by atoms with E-state index in [1.807, 2.05) is 0 Å². The van der Waals surface area contributed by atoms with Crippen molar-refractivity contribution in [3.05, 3.63) is 34.9 Å². The molecule has 1 aromatic carbocycles. The van der Waals surface area contributed by atoms with Gasteiger partial charge in [-0.1, -0.05) is 32.4 Å². The Balaban J connectivity index is 3.08. The van der Waals surface area contributed by atoms with Gasteiger partial charge in [-0.05, 0) is 31.9 Å². The fourth-order valence-electron chi connectivity index (χ4n) is 2.27. The van der Waals surface area contributed by atoms with Gasteiger partial charge in [0.25, 0.3) is 0 Å². The molecule has 0 amide bonds. The van der Waals surface area contributed by atoms with Crippen molar-refractivity contribution in [1.29, 1.82) is 0 Å². The summed E-state index contributed by atoms with van der Waals surface area (Å²) in [7, 11) is 1.79. The second kappa shape index (κ2) is 6.10.